The van der Waals surface area contributed by atoms with Gasteiger partial charge in [0.05, 0.1) is 23.4 Å². The van der Waals surface area contributed by atoms with E-state index < -0.39 is 0 Å². The Morgan fingerprint density at radius 1 is 1.32 bits per heavy atom. The van der Waals surface area contributed by atoms with Crippen molar-refractivity contribution in [2.45, 2.75) is 38.8 Å². The van der Waals surface area contributed by atoms with Crippen LogP contribution in [-0.2, 0) is 17.8 Å². The topological polar surface area (TPSA) is 56.0 Å². The number of rotatable bonds is 4. The van der Waals surface area contributed by atoms with Gasteiger partial charge in [-0.05, 0) is 25.0 Å². The third-order valence-electron chi connectivity index (χ3n) is 5.04. The summed E-state index contributed by atoms with van der Waals surface area (Å²) in [5.74, 6) is 1.14. The molecule has 3 aromatic rings. The van der Waals surface area contributed by atoms with Crippen molar-refractivity contribution in [3.05, 3.63) is 48.8 Å². The summed E-state index contributed by atoms with van der Waals surface area (Å²) < 4.78 is 4.18. The van der Waals surface area contributed by atoms with Gasteiger partial charge in [-0.2, -0.15) is 0 Å². The Labute approximate surface area is 147 Å². The lowest BCUT2D eigenvalue weighted by atomic mass is 10.1. The highest BCUT2D eigenvalue weighted by atomic mass is 16.2. The predicted molar refractivity (Wildman–Crippen MR) is 96.2 cm³/mol. The normalized spacial score (nSPS) is 18.0. The molecule has 2 aromatic heterocycles. The first-order valence-electron chi connectivity index (χ1n) is 8.95. The number of para-hydroxylation sites is 2. The molecule has 1 amide bonds. The van der Waals surface area contributed by atoms with Crippen LogP contribution in [0.5, 0.6) is 0 Å². The van der Waals surface area contributed by atoms with Crippen molar-refractivity contribution in [1.82, 2.24) is 24.0 Å². The molecular formula is C19H23N5O. The van der Waals surface area contributed by atoms with E-state index in [0.29, 0.717) is 12.6 Å². The number of amides is 1. The quantitative estimate of drug-likeness (QED) is 0.735. The maximum absolute atomic E-state index is 12.9. The van der Waals surface area contributed by atoms with Crippen molar-refractivity contribution in [3.63, 3.8) is 0 Å². The first-order chi connectivity index (χ1) is 12.3. The van der Waals surface area contributed by atoms with E-state index in [0.717, 1.165) is 49.2 Å². The molecule has 6 nitrogen and oxygen atoms in total. The average molecular weight is 337 g/mol. The first kappa shape index (κ1) is 15.9. The van der Waals surface area contributed by atoms with Crippen molar-refractivity contribution >= 4 is 16.9 Å². The Morgan fingerprint density at radius 3 is 3.00 bits per heavy atom. The van der Waals surface area contributed by atoms with Gasteiger partial charge in [-0.15, -0.1) is 0 Å². The Kier molecular flexibility index (Phi) is 4.26. The van der Waals surface area contributed by atoms with Crippen molar-refractivity contribution in [1.29, 1.82) is 0 Å². The van der Waals surface area contributed by atoms with Crippen LogP contribution in [-0.4, -0.2) is 43.0 Å². The number of aromatic nitrogens is 4. The van der Waals surface area contributed by atoms with Gasteiger partial charge in [0.15, 0.2) is 0 Å². The molecule has 130 valence electrons. The highest BCUT2D eigenvalue weighted by Gasteiger charge is 2.25. The van der Waals surface area contributed by atoms with Crippen LogP contribution < -0.4 is 0 Å². The smallest absolute Gasteiger partial charge is 0.242 e. The Morgan fingerprint density at radius 2 is 2.20 bits per heavy atom. The van der Waals surface area contributed by atoms with E-state index in [-0.39, 0.29) is 5.91 Å². The van der Waals surface area contributed by atoms with Crippen molar-refractivity contribution < 1.29 is 4.79 Å². The molecule has 25 heavy (non-hydrogen) atoms. The molecule has 6 heteroatoms. The Balaban J connectivity index is 1.54. The van der Waals surface area contributed by atoms with Crippen LogP contribution in [0.25, 0.3) is 11.0 Å². The fourth-order valence-corrected chi connectivity index (χ4v) is 3.72. The molecule has 0 unspecified atom stereocenters. The molecule has 1 atom stereocenters. The average Bonchev–Trinajstić information content (AvgIpc) is 3.30. The van der Waals surface area contributed by atoms with E-state index in [4.69, 9.17) is 0 Å². The van der Waals surface area contributed by atoms with Crippen LogP contribution in [0.3, 0.4) is 0 Å². The third kappa shape index (κ3) is 3.04. The molecule has 0 spiro atoms. The van der Waals surface area contributed by atoms with Crippen molar-refractivity contribution in [2.75, 3.05) is 13.1 Å². The molecule has 1 fully saturated rings. The Bertz CT molecular complexity index is 867. The second kappa shape index (κ2) is 6.70. The summed E-state index contributed by atoms with van der Waals surface area (Å²) in [5, 5.41) is 0. The summed E-state index contributed by atoms with van der Waals surface area (Å²) in [5.41, 5.74) is 2.00. The van der Waals surface area contributed by atoms with Gasteiger partial charge in [-0.3, -0.25) is 4.79 Å². The molecule has 1 saturated heterocycles. The molecular weight excluding hydrogens is 314 g/mol. The van der Waals surface area contributed by atoms with Crippen LogP contribution in [0.4, 0.5) is 0 Å². The highest BCUT2D eigenvalue weighted by Crippen LogP contribution is 2.22. The highest BCUT2D eigenvalue weighted by molar-refractivity contribution is 5.81. The van der Waals surface area contributed by atoms with Gasteiger partial charge in [0.1, 0.15) is 12.4 Å². The van der Waals surface area contributed by atoms with Gasteiger partial charge in [0.2, 0.25) is 5.91 Å². The SMILES string of the molecule is CCc1nc2ccccc2n1CC(=O)N1CCC[C@@H](n2ccnc2)C1. The molecule has 1 aromatic carbocycles. The van der Waals surface area contributed by atoms with Gasteiger partial charge < -0.3 is 14.0 Å². The largest absolute Gasteiger partial charge is 0.339 e. The number of hydrogen-bond acceptors (Lipinski definition) is 3. The zero-order valence-corrected chi connectivity index (χ0v) is 14.5. The first-order valence-corrected chi connectivity index (χ1v) is 8.95. The minimum absolute atomic E-state index is 0.169. The van der Waals surface area contributed by atoms with E-state index in [9.17, 15) is 4.79 Å². The molecule has 1 aliphatic heterocycles. The summed E-state index contributed by atoms with van der Waals surface area (Å²) in [4.78, 5) is 23.7. The number of fused-ring (bicyclic) bond motifs is 1. The van der Waals surface area contributed by atoms with Crippen LogP contribution in [0.15, 0.2) is 43.0 Å². The number of nitrogens with zero attached hydrogens (tertiary/aromatic N) is 5. The maximum Gasteiger partial charge on any atom is 0.242 e. The van der Waals surface area contributed by atoms with E-state index >= 15 is 0 Å². The second-order valence-corrected chi connectivity index (χ2v) is 6.60. The van der Waals surface area contributed by atoms with Crippen molar-refractivity contribution in [2.24, 2.45) is 0 Å². The molecule has 4 rings (SSSR count). The number of benzene rings is 1. The fourth-order valence-electron chi connectivity index (χ4n) is 3.72. The van der Waals surface area contributed by atoms with Crippen LogP contribution in [0.2, 0.25) is 0 Å². The van der Waals surface area contributed by atoms with E-state index in [1.54, 1.807) is 6.20 Å². The molecule has 0 bridgehead atoms. The van der Waals surface area contributed by atoms with E-state index in [1.165, 1.54) is 0 Å². The summed E-state index contributed by atoms with van der Waals surface area (Å²) in [6.07, 6.45) is 8.56. The lowest BCUT2D eigenvalue weighted by molar-refractivity contribution is -0.133. The van der Waals surface area contributed by atoms with Gasteiger partial charge in [0, 0.05) is 31.9 Å². The number of hydrogen-bond donors (Lipinski definition) is 0. The second-order valence-electron chi connectivity index (χ2n) is 6.60. The molecule has 3 heterocycles. The van der Waals surface area contributed by atoms with Gasteiger partial charge in [0.25, 0.3) is 0 Å². The monoisotopic (exact) mass is 337 g/mol. The standard InChI is InChI=1S/C19H23N5O/c1-2-18-21-16-7-3-4-8-17(16)24(18)13-19(25)22-10-5-6-15(12-22)23-11-9-20-14-23/h3-4,7-9,11,14-15H,2,5-6,10,12-13H2,1H3/t15-/m1/s1. The number of carbonyl (C=O) groups excluding carboxylic acids is 1. The molecule has 0 aliphatic carbocycles. The summed E-state index contributed by atoms with van der Waals surface area (Å²) in [6, 6.07) is 8.36. The predicted octanol–water partition coefficient (Wildman–Crippen LogP) is 2.66. The minimum Gasteiger partial charge on any atom is -0.339 e. The minimum atomic E-state index is 0.169. The molecule has 0 saturated carbocycles. The number of imidazole rings is 2. The number of aryl methyl sites for hydroxylation is 1. The molecule has 0 N–H and O–H groups in total. The van der Waals surface area contributed by atoms with Gasteiger partial charge in [-0.1, -0.05) is 19.1 Å². The fraction of sp³-hybridized carbons (Fsp3) is 0.421. The molecule has 1 aliphatic rings. The van der Waals surface area contributed by atoms with Crippen LogP contribution in [0.1, 0.15) is 31.6 Å². The third-order valence-corrected chi connectivity index (χ3v) is 5.04. The van der Waals surface area contributed by atoms with Crippen LogP contribution >= 0.6 is 0 Å². The van der Waals surface area contributed by atoms with Gasteiger partial charge in [-0.25, -0.2) is 9.97 Å². The number of likely N-dealkylation sites (tertiary alicyclic amines) is 1. The van der Waals surface area contributed by atoms with Crippen LogP contribution in [0, 0.1) is 0 Å². The summed E-state index contributed by atoms with van der Waals surface area (Å²) in [6.45, 7) is 4.03. The summed E-state index contributed by atoms with van der Waals surface area (Å²) in [7, 11) is 0. The van der Waals surface area contributed by atoms with E-state index in [2.05, 4.69) is 26.0 Å². The number of carbonyl (C=O) groups is 1. The van der Waals surface area contributed by atoms with Crippen molar-refractivity contribution in [3.8, 4) is 0 Å². The zero-order valence-electron chi connectivity index (χ0n) is 14.5. The molecule has 0 radical (unpaired) electrons. The van der Waals surface area contributed by atoms with Gasteiger partial charge >= 0.3 is 0 Å². The summed E-state index contributed by atoms with van der Waals surface area (Å²) >= 11 is 0. The van der Waals surface area contributed by atoms with E-state index in [1.807, 2.05) is 41.7 Å². The number of piperidine rings is 1. The zero-order chi connectivity index (χ0) is 17.2. The Hall–Kier alpha value is -2.63. The lowest BCUT2D eigenvalue weighted by Crippen LogP contribution is -2.42. The lowest BCUT2D eigenvalue weighted by Gasteiger charge is -2.33. The maximum atomic E-state index is 12.9.